The lowest BCUT2D eigenvalue weighted by atomic mass is 9.81. The zero-order valence-corrected chi connectivity index (χ0v) is 16.1. The molecule has 0 bridgehead atoms. The Labute approximate surface area is 163 Å². The quantitative estimate of drug-likeness (QED) is 0.702. The van der Waals surface area contributed by atoms with Crippen molar-refractivity contribution in [1.82, 2.24) is 0 Å². The van der Waals surface area contributed by atoms with Crippen LogP contribution < -0.4 is 14.2 Å². The molecule has 7 nitrogen and oxygen atoms in total. The number of aliphatic hydroxyl groups is 1. The lowest BCUT2D eigenvalue weighted by molar-refractivity contribution is -0.154. The smallest absolute Gasteiger partial charge is 0.338 e. The van der Waals surface area contributed by atoms with Crippen LogP contribution in [0.5, 0.6) is 23.0 Å². The fraction of sp³-hybridized carbons (Fsp3) is 0.381. The van der Waals surface area contributed by atoms with Crippen molar-refractivity contribution in [3.8, 4) is 23.0 Å². The highest BCUT2D eigenvalue weighted by Gasteiger charge is 2.51. The Balaban J connectivity index is 1.84. The topological polar surface area (TPSA) is 94.5 Å². The van der Waals surface area contributed by atoms with E-state index in [0.717, 1.165) is 5.56 Å². The minimum atomic E-state index is -1.67. The number of benzene rings is 2. The van der Waals surface area contributed by atoms with Gasteiger partial charge in [0, 0.05) is 12.3 Å². The number of cyclic esters (lactones) is 1. The van der Waals surface area contributed by atoms with Gasteiger partial charge in [-0.3, -0.25) is 0 Å². The second-order valence-corrected chi connectivity index (χ2v) is 6.80. The maximum absolute atomic E-state index is 12.3. The third-order valence-electron chi connectivity index (χ3n) is 5.09. The highest BCUT2D eigenvalue weighted by molar-refractivity contribution is 5.82. The van der Waals surface area contributed by atoms with Gasteiger partial charge in [0.25, 0.3) is 0 Å². The van der Waals surface area contributed by atoms with E-state index in [9.17, 15) is 15.0 Å². The molecule has 28 heavy (non-hydrogen) atoms. The van der Waals surface area contributed by atoms with Gasteiger partial charge in [-0.15, -0.1) is 0 Å². The second kappa shape index (κ2) is 7.98. The number of hydrogen-bond acceptors (Lipinski definition) is 7. The molecule has 1 saturated heterocycles. The summed E-state index contributed by atoms with van der Waals surface area (Å²) in [6, 6.07) is 10.2. The Morgan fingerprint density at radius 3 is 2.32 bits per heavy atom. The number of ether oxygens (including phenoxy) is 4. The fourth-order valence-corrected chi connectivity index (χ4v) is 3.49. The summed E-state index contributed by atoms with van der Waals surface area (Å²) in [5.41, 5.74) is -0.120. The van der Waals surface area contributed by atoms with E-state index in [-0.39, 0.29) is 24.5 Å². The molecular weight excluding hydrogens is 364 g/mol. The zero-order chi connectivity index (χ0) is 20.3. The molecule has 0 unspecified atom stereocenters. The molecule has 2 aromatic rings. The van der Waals surface area contributed by atoms with Crippen molar-refractivity contribution in [3.05, 3.63) is 47.5 Å². The maximum Gasteiger partial charge on any atom is 0.338 e. The van der Waals surface area contributed by atoms with E-state index in [1.165, 1.54) is 13.2 Å². The Kier molecular flexibility index (Phi) is 5.65. The van der Waals surface area contributed by atoms with Crippen LogP contribution in [0.4, 0.5) is 0 Å². The molecule has 1 aliphatic rings. The van der Waals surface area contributed by atoms with Crippen LogP contribution in [0, 0.1) is 5.92 Å². The summed E-state index contributed by atoms with van der Waals surface area (Å²) in [6.07, 6.45) is 0.484. The van der Waals surface area contributed by atoms with Gasteiger partial charge < -0.3 is 29.2 Å². The molecule has 0 aromatic heterocycles. The monoisotopic (exact) mass is 388 g/mol. The minimum absolute atomic E-state index is 0.00545. The lowest BCUT2D eigenvalue weighted by Gasteiger charge is -2.26. The lowest BCUT2D eigenvalue weighted by Crippen LogP contribution is -2.44. The molecule has 0 spiro atoms. The molecule has 1 aliphatic heterocycles. The second-order valence-electron chi connectivity index (χ2n) is 6.80. The van der Waals surface area contributed by atoms with Crippen LogP contribution in [0.25, 0.3) is 0 Å². The van der Waals surface area contributed by atoms with Crippen LogP contribution in [0.3, 0.4) is 0 Å². The van der Waals surface area contributed by atoms with E-state index in [0.29, 0.717) is 23.5 Å². The van der Waals surface area contributed by atoms with E-state index in [4.69, 9.17) is 18.9 Å². The molecule has 1 heterocycles. The molecule has 7 heteroatoms. The summed E-state index contributed by atoms with van der Waals surface area (Å²) in [5.74, 6) is 0.384. The third kappa shape index (κ3) is 3.71. The first-order valence-corrected chi connectivity index (χ1v) is 8.87. The van der Waals surface area contributed by atoms with E-state index in [2.05, 4.69) is 0 Å². The molecule has 2 N–H and O–H groups in total. The van der Waals surface area contributed by atoms with Gasteiger partial charge in [0.1, 0.15) is 0 Å². The number of carbonyl (C=O) groups excluding carboxylic acids is 1. The van der Waals surface area contributed by atoms with E-state index < -0.39 is 17.5 Å². The summed E-state index contributed by atoms with van der Waals surface area (Å²) < 4.78 is 20.9. The highest BCUT2D eigenvalue weighted by atomic mass is 16.6. The van der Waals surface area contributed by atoms with Crippen molar-refractivity contribution >= 4 is 5.97 Å². The summed E-state index contributed by atoms with van der Waals surface area (Å²) in [6.45, 7) is 0.124. The number of rotatable bonds is 7. The number of phenols is 1. The maximum atomic E-state index is 12.3. The number of hydrogen-bond donors (Lipinski definition) is 2. The highest BCUT2D eigenvalue weighted by Crippen LogP contribution is 2.36. The molecule has 150 valence electrons. The number of aromatic hydroxyl groups is 1. The molecule has 0 amide bonds. The molecule has 0 radical (unpaired) electrons. The van der Waals surface area contributed by atoms with Crippen LogP contribution in [-0.2, 0) is 22.4 Å². The van der Waals surface area contributed by atoms with Crippen LogP contribution in [0.2, 0.25) is 0 Å². The van der Waals surface area contributed by atoms with Crippen molar-refractivity contribution in [2.45, 2.75) is 18.4 Å². The van der Waals surface area contributed by atoms with E-state index in [1.807, 2.05) is 12.1 Å². The molecule has 2 atom stereocenters. The zero-order valence-electron chi connectivity index (χ0n) is 16.1. The van der Waals surface area contributed by atoms with E-state index >= 15 is 0 Å². The van der Waals surface area contributed by atoms with Crippen molar-refractivity contribution in [2.24, 2.45) is 5.92 Å². The molecule has 0 aliphatic carbocycles. The Morgan fingerprint density at radius 1 is 1.00 bits per heavy atom. The van der Waals surface area contributed by atoms with Gasteiger partial charge in [-0.25, -0.2) is 4.79 Å². The first-order valence-electron chi connectivity index (χ1n) is 8.87. The average Bonchev–Trinajstić information content (AvgIpc) is 2.97. The van der Waals surface area contributed by atoms with Gasteiger partial charge in [0.2, 0.25) is 0 Å². The van der Waals surface area contributed by atoms with Gasteiger partial charge in [-0.2, -0.15) is 0 Å². The van der Waals surface area contributed by atoms with Crippen LogP contribution in [-0.4, -0.2) is 49.7 Å². The fourth-order valence-electron chi connectivity index (χ4n) is 3.49. The Bertz CT molecular complexity index is 864. The molecule has 1 fully saturated rings. The Morgan fingerprint density at radius 2 is 1.64 bits per heavy atom. The van der Waals surface area contributed by atoms with Crippen molar-refractivity contribution < 1.29 is 34.0 Å². The average molecular weight is 388 g/mol. The Hall–Kier alpha value is -2.93. The molecule has 0 saturated carbocycles. The normalized spacial score (nSPS) is 21.3. The number of methoxy groups -OCH3 is 3. The number of esters is 1. The van der Waals surface area contributed by atoms with Gasteiger partial charge in [-0.05, 0) is 41.8 Å². The summed E-state index contributed by atoms with van der Waals surface area (Å²) >= 11 is 0. The van der Waals surface area contributed by atoms with Gasteiger partial charge in [0.05, 0.1) is 27.9 Å². The SMILES string of the molecule is COc1cc(C[C@@]2(O)C(=O)OC[C@@H]2Cc2ccc(OC)c(OC)c2)ccc1O. The summed E-state index contributed by atoms with van der Waals surface area (Å²) in [5, 5.41) is 20.9. The summed E-state index contributed by atoms with van der Waals surface area (Å²) in [7, 11) is 4.56. The van der Waals surface area contributed by atoms with Crippen LogP contribution in [0.1, 0.15) is 11.1 Å². The van der Waals surface area contributed by atoms with E-state index in [1.54, 1.807) is 32.4 Å². The first kappa shape index (κ1) is 19.8. The third-order valence-corrected chi connectivity index (χ3v) is 5.09. The predicted molar refractivity (Wildman–Crippen MR) is 101 cm³/mol. The predicted octanol–water partition coefficient (Wildman–Crippen LogP) is 2.11. The molecule has 3 rings (SSSR count). The van der Waals surface area contributed by atoms with Crippen molar-refractivity contribution in [3.63, 3.8) is 0 Å². The number of phenolic OH excluding ortho intramolecular Hbond substituents is 1. The van der Waals surface area contributed by atoms with Crippen LogP contribution in [0.15, 0.2) is 36.4 Å². The molecule has 2 aromatic carbocycles. The number of carbonyl (C=O) groups is 1. The van der Waals surface area contributed by atoms with Crippen LogP contribution >= 0.6 is 0 Å². The summed E-state index contributed by atoms with van der Waals surface area (Å²) in [4.78, 5) is 12.3. The van der Waals surface area contributed by atoms with Crippen molar-refractivity contribution in [1.29, 1.82) is 0 Å². The van der Waals surface area contributed by atoms with Crippen molar-refractivity contribution in [2.75, 3.05) is 27.9 Å². The first-order chi connectivity index (χ1) is 13.4. The largest absolute Gasteiger partial charge is 0.504 e. The molecular formula is C21H24O7. The van der Waals surface area contributed by atoms with Gasteiger partial charge >= 0.3 is 5.97 Å². The van der Waals surface area contributed by atoms with Gasteiger partial charge in [0.15, 0.2) is 28.6 Å². The standard InChI is InChI=1S/C21H24O7/c1-25-17-7-5-13(9-19(17)27-3)8-15-12-28-20(23)21(15,24)11-14-4-6-16(22)18(10-14)26-2/h4-7,9-10,15,22,24H,8,11-12H2,1-3H3/t15-,21-/m0/s1. The minimum Gasteiger partial charge on any atom is -0.504 e. The van der Waals surface area contributed by atoms with Gasteiger partial charge in [-0.1, -0.05) is 12.1 Å².